The van der Waals surface area contributed by atoms with Crippen molar-refractivity contribution in [1.82, 2.24) is 9.97 Å². The molecule has 0 saturated heterocycles. The number of ketones is 1. The van der Waals surface area contributed by atoms with E-state index in [4.69, 9.17) is 4.74 Å². The Morgan fingerprint density at radius 3 is 2.68 bits per heavy atom. The van der Waals surface area contributed by atoms with Gasteiger partial charge in [0.1, 0.15) is 11.4 Å². The number of hydrogen-bond acceptors (Lipinski definition) is 4. The van der Waals surface area contributed by atoms with Crippen molar-refractivity contribution in [2.24, 2.45) is 0 Å². The highest BCUT2D eigenvalue weighted by atomic mass is 16.5. The lowest BCUT2D eigenvalue weighted by Crippen LogP contribution is -2.11. The highest BCUT2D eigenvalue weighted by Gasteiger charge is 2.17. The van der Waals surface area contributed by atoms with Gasteiger partial charge in [0, 0.05) is 22.7 Å². The van der Waals surface area contributed by atoms with E-state index in [1.165, 1.54) is 6.07 Å². The molecule has 1 aromatic carbocycles. The van der Waals surface area contributed by atoms with E-state index in [2.05, 4.69) is 9.97 Å². The number of pyridine rings is 1. The monoisotopic (exact) mass is 294 g/mol. The molecule has 0 atom stereocenters. The Morgan fingerprint density at radius 2 is 1.86 bits per heavy atom. The molecule has 3 rings (SSSR count). The molecule has 22 heavy (non-hydrogen) atoms. The zero-order valence-corrected chi connectivity index (χ0v) is 12.0. The second-order valence-electron chi connectivity index (χ2n) is 4.71. The Kier molecular flexibility index (Phi) is 3.70. The van der Waals surface area contributed by atoms with E-state index >= 15 is 0 Å². The van der Waals surface area contributed by atoms with Crippen LogP contribution in [-0.2, 0) is 4.74 Å². The van der Waals surface area contributed by atoms with Crippen molar-refractivity contribution in [2.75, 3.05) is 6.61 Å². The molecule has 0 aliphatic heterocycles. The van der Waals surface area contributed by atoms with E-state index in [9.17, 15) is 9.59 Å². The minimum atomic E-state index is -0.531. The number of para-hydroxylation sites is 1. The van der Waals surface area contributed by atoms with Crippen LogP contribution in [0.4, 0.5) is 0 Å². The molecule has 0 fully saturated rings. The van der Waals surface area contributed by atoms with Crippen LogP contribution in [0.15, 0.2) is 48.7 Å². The van der Waals surface area contributed by atoms with Crippen LogP contribution < -0.4 is 0 Å². The molecule has 2 aromatic heterocycles. The number of rotatable bonds is 4. The maximum Gasteiger partial charge on any atom is 0.356 e. The molecule has 0 bridgehead atoms. The zero-order valence-electron chi connectivity index (χ0n) is 12.0. The lowest BCUT2D eigenvalue weighted by atomic mass is 10.1. The largest absolute Gasteiger partial charge is 0.461 e. The van der Waals surface area contributed by atoms with Gasteiger partial charge >= 0.3 is 5.97 Å². The summed E-state index contributed by atoms with van der Waals surface area (Å²) in [6, 6.07) is 12.3. The van der Waals surface area contributed by atoms with Gasteiger partial charge < -0.3 is 9.72 Å². The van der Waals surface area contributed by atoms with Gasteiger partial charge in [0.25, 0.3) is 0 Å². The van der Waals surface area contributed by atoms with Crippen LogP contribution in [-0.4, -0.2) is 28.3 Å². The summed E-state index contributed by atoms with van der Waals surface area (Å²) in [4.78, 5) is 31.5. The van der Waals surface area contributed by atoms with Crippen molar-refractivity contribution in [2.45, 2.75) is 6.92 Å². The van der Waals surface area contributed by atoms with Crippen LogP contribution in [0.1, 0.15) is 33.5 Å². The van der Waals surface area contributed by atoms with Crippen molar-refractivity contribution in [3.8, 4) is 0 Å². The number of hydrogen-bond donors (Lipinski definition) is 1. The third kappa shape index (κ3) is 2.48. The Labute approximate surface area is 126 Å². The van der Waals surface area contributed by atoms with E-state index in [1.807, 2.05) is 24.3 Å². The predicted molar refractivity (Wildman–Crippen MR) is 81.9 cm³/mol. The van der Waals surface area contributed by atoms with Gasteiger partial charge in [0.2, 0.25) is 5.78 Å². The normalized spacial score (nSPS) is 10.6. The van der Waals surface area contributed by atoms with Gasteiger partial charge in [0.05, 0.1) is 6.61 Å². The van der Waals surface area contributed by atoms with E-state index in [0.29, 0.717) is 5.56 Å². The molecule has 5 heteroatoms. The number of carbonyl (C=O) groups is 2. The van der Waals surface area contributed by atoms with E-state index < -0.39 is 5.97 Å². The molecule has 0 unspecified atom stereocenters. The molecule has 0 spiro atoms. The number of nitrogens with one attached hydrogen (secondary N) is 1. The molecule has 0 saturated carbocycles. The zero-order chi connectivity index (χ0) is 15.5. The van der Waals surface area contributed by atoms with Gasteiger partial charge in [0.15, 0.2) is 0 Å². The predicted octanol–water partition coefficient (Wildman–Crippen LogP) is 2.97. The average molecular weight is 294 g/mol. The molecular formula is C17H14N2O3. The second-order valence-corrected chi connectivity index (χ2v) is 4.71. The van der Waals surface area contributed by atoms with Gasteiger partial charge in [-0.15, -0.1) is 0 Å². The van der Waals surface area contributed by atoms with Crippen molar-refractivity contribution in [3.63, 3.8) is 0 Å². The topological polar surface area (TPSA) is 72.1 Å². The van der Waals surface area contributed by atoms with E-state index in [0.717, 1.165) is 10.9 Å². The number of fused-ring (bicyclic) bond motifs is 1. The number of aromatic nitrogens is 2. The van der Waals surface area contributed by atoms with Crippen LogP contribution in [0.3, 0.4) is 0 Å². The highest BCUT2D eigenvalue weighted by molar-refractivity contribution is 6.15. The molecule has 0 amide bonds. The molecule has 110 valence electrons. The van der Waals surface area contributed by atoms with Gasteiger partial charge in [-0.05, 0) is 25.1 Å². The highest BCUT2D eigenvalue weighted by Crippen LogP contribution is 2.20. The number of benzene rings is 1. The minimum absolute atomic E-state index is 0.132. The molecular weight excluding hydrogens is 280 g/mol. The van der Waals surface area contributed by atoms with Crippen molar-refractivity contribution >= 4 is 22.7 Å². The van der Waals surface area contributed by atoms with E-state index in [-0.39, 0.29) is 23.8 Å². The number of aromatic amines is 1. The number of nitrogens with zero attached hydrogens (tertiary/aromatic N) is 1. The summed E-state index contributed by atoms with van der Waals surface area (Å²) in [6.07, 6.45) is 1.66. The SMILES string of the molecule is CCOC(=O)c1cccc(C(=O)c2c[nH]c3ccccc23)n1. The lowest BCUT2D eigenvalue weighted by molar-refractivity contribution is 0.0519. The summed E-state index contributed by atoms with van der Waals surface area (Å²) in [6.45, 7) is 1.99. The summed E-state index contributed by atoms with van der Waals surface area (Å²) < 4.78 is 4.90. The van der Waals surface area contributed by atoms with Crippen molar-refractivity contribution < 1.29 is 14.3 Å². The van der Waals surface area contributed by atoms with Gasteiger partial charge in [-0.1, -0.05) is 24.3 Å². The first-order valence-corrected chi connectivity index (χ1v) is 6.95. The fourth-order valence-electron chi connectivity index (χ4n) is 2.28. The fourth-order valence-corrected chi connectivity index (χ4v) is 2.28. The minimum Gasteiger partial charge on any atom is -0.461 e. The number of H-pyrrole nitrogens is 1. The number of carbonyl (C=O) groups excluding carboxylic acids is 2. The van der Waals surface area contributed by atoms with Crippen LogP contribution in [0.2, 0.25) is 0 Å². The standard InChI is InChI=1S/C17H14N2O3/c1-2-22-17(21)15-9-5-8-14(19-15)16(20)12-10-18-13-7-4-3-6-11(12)13/h3-10,18H,2H2,1H3. The van der Waals surface area contributed by atoms with Crippen molar-refractivity contribution in [3.05, 3.63) is 65.6 Å². The third-order valence-electron chi connectivity index (χ3n) is 3.30. The van der Waals surface area contributed by atoms with Gasteiger partial charge in [-0.25, -0.2) is 9.78 Å². The lowest BCUT2D eigenvalue weighted by Gasteiger charge is -2.03. The number of esters is 1. The average Bonchev–Trinajstić information content (AvgIpc) is 2.98. The van der Waals surface area contributed by atoms with Crippen molar-refractivity contribution in [1.29, 1.82) is 0 Å². The number of ether oxygens (including phenoxy) is 1. The summed E-state index contributed by atoms with van der Waals surface area (Å²) in [5.41, 5.74) is 1.76. The Bertz CT molecular complexity index is 852. The Balaban J connectivity index is 1.99. The first-order valence-electron chi connectivity index (χ1n) is 6.95. The fraction of sp³-hybridized carbons (Fsp3) is 0.118. The van der Waals surface area contributed by atoms with Gasteiger partial charge in [-0.3, -0.25) is 4.79 Å². The summed E-state index contributed by atoms with van der Waals surface area (Å²) in [7, 11) is 0. The molecule has 0 aliphatic carbocycles. The second kappa shape index (κ2) is 5.81. The first kappa shape index (κ1) is 14.0. The maximum atomic E-state index is 12.6. The van der Waals surface area contributed by atoms with Crippen LogP contribution in [0, 0.1) is 0 Å². The van der Waals surface area contributed by atoms with Crippen LogP contribution >= 0.6 is 0 Å². The third-order valence-corrected chi connectivity index (χ3v) is 3.30. The first-order chi connectivity index (χ1) is 10.7. The Morgan fingerprint density at radius 1 is 1.09 bits per heavy atom. The summed E-state index contributed by atoms with van der Waals surface area (Å²) in [5.74, 6) is -0.764. The molecule has 0 radical (unpaired) electrons. The molecule has 2 heterocycles. The van der Waals surface area contributed by atoms with Gasteiger partial charge in [-0.2, -0.15) is 0 Å². The summed E-state index contributed by atoms with van der Waals surface area (Å²) in [5, 5.41) is 0.829. The quantitative estimate of drug-likeness (QED) is 0.593. The Hall–Kier alpha value is -2.95. The van der Waals surface area contributed by atoms with Crippen LogP contribution in [0.5, 0.6) is 0 Å². The maximum absolute atomic E-state index is 12.6. The van der Waals surface area contributed by atoms with E-state index in [1.54, 1.807) is 25.3 Å². The van der Waals surface area contributed by atoms with Crippen LogP contribution in [0.25, 0.3) is 10.9 Å². The molecule has 5 nitrogen and oxygen atoms in total. The summed E-state index contributed by atoms with van der Waals surface area (Å²) >= 11 is 0. The molecule has 3 aromatic rings. The molecule has 1 N–H and O–H groups in total. The smallest absolute Gasteiger partial charge is 0.356 e. The molecule has 0 aliphatic rings.